The molecule has 0 radical (unpaired) electrons. The van der Waals surface area contributed by atoms with Crippen molar-refractivity contribution in [2.75, 3.05) is 16.8 Å². The summed E-state index contributed by atoms with van der Waals surface area (Å²) in [6.07, 6.45) is 1.83. The van der Waals surface area contributed by atoms with Gasteiger partial charge in [-0.05, 0) is 25.0 Å². The van der Waals surface area contributed by atoms with Crippen molar-refractivity contribution in [3.63, 3.8) is 0 Å². The number of hydrogen-bond acceptors (Lipinski definition) is 5. The number of aromatic nitrogens is 2. The van der Waals surface area contributed by atoms with Gasteiger partial charge in [-0.25, -0.2) is 0 Å². The molecule has 4 nitrogen and oxygen atoms in total. The fraction of sp³-hybridized carbons (Fsp3) is 0.455. The van der Waals surface area contributed by atoms with E-state index in [4.69, 9.17) is 11.6 Å². The van der Waals surface area contributed by atoms with Crippen LogP contribution < -0.4 is 5.32 Å². The van der Waals surface area contributed by atoms with Gasteiger partial charge in [-0.2, -0.15) is 8.75 Å². The summed E-state index contributed by atoms with van der Waals surface area (Å²) in [5.41, 5.74) is 2.56. The van der Waals surface area contributed by atoms with Crippen LogP contribution in [-0.4, -0.2) is 30.5 Å². The predicted octanol–water partition coefficient (Wildman–Crippen LogP) is 2.67. The molecule has 0 atom stereocenters. The first kappa shape index (κ1) is 12.3. The topological polar surface area (TPSA) is 54.9 Å². The van der Waals surface area contributed by atoms with Crippen LogP contribution in [0.15, 0.2) is 12.1 Å². The zero-order chi connectivity index (χ0) is 12.5. The van der Waals surface area contributed by atoms with Crippen LogP contribution in [0, 0.1) is 0 Å². The van der Waals surface area contributed by atoms with Gasteiger partial charge in [0.25, 0.3) is 0 Å². The molecule has 0 amide bonds. The van der Waals surface area contributed by atoms with Gasteiger partial charge in [0, 0.05) is 28.3 Å². The SMILES string of the molecule is O=S1CCC(Nc2c(Cl)ccc3nsnc23)CC1. The molecule has 1 N–H and O–H groups in total. The molecule has 0 bridgehead atoms. The molecule has 1 saturated heterocycles. The lowest BCUT2D eigenvalue weighted by Gasteiger charge is -2.24. The van der Waals surface area contributed by atoms with Crippen LogP contribution in [0.25, 0.3) is 11.0 Å². The van der Waals surface area contributed by atoms with Crippen LogP contribution in [0.1, 0.15) is 12.8 Å². The van der Waals surface area contributed by atoms with E-state index in [-0.39, 0.29) is 0 Å². The summed E-state index contributed by atoms with van der Waals surface area (Å²) >= 11 is 7.41. The molecule has 0 unspecified atom stereocenters. The first-order valence-corrected chi connectivity index (χ1v) is 8.36. The number of halogens is 1. The molecular weight excluding hydrogens is 290 g/mol. The molecule has 18 heavy (non-hydrogen) atoms. The zero-order valence-corrected chi connectivity index (χ0v) is 11.9. The summed E-state index contributed by atoms with van der Waals surface area (Å²) in [6.45, 7) is 0. The van der Waals surface area contributed by atoms with Gasteiger partial charge >= 0.3 is 0 Å². The maximum Gasteiger partial charge on any atom is 0.129 e. The highest BCUT2D eigenvalue weighted by Crippen LogP contribution is 2.31. The lowest BCUT2D eigenvalue weighted by molar-refractivity contribution is 0.624. The van der Waals surface area contributed by atoms with Crippen LogP contribution in [0.5, 0.6) is 0 Å². The summed E-state index contributed by atoms with van der Waals surface area (Å²) in [6, 6.07) is 4.05. The van der Waals surface area contributed by atoms with Crippen molar-refractivity contribution in [3.8, 4) is 0 Å². The second-order valence-electron chi connectivity index (χ2n) is 4.32. The van der Waals surface area contributed by atoms with Gasteiger partial charge in [-0.15, -0.1) is 0 Å². The van der Waals surface area contributed by atoms with Crippen LogP contribution in [0.2, 0.25) is 5.02 Å². The molecule has 1 aromatic heterocycles. The summed E-state index contributed by atoms with van der Waals surface area (Å²) < 4.78 is 19.8. The van der Waals surface area contributed by atoms with Crippen LogP contribution in [0.4, 0.5) is 5.69 Å². The Morgan fingerprint density at radius 2 is 2.11 bits per heavy atom. The highest BCUT2D eigenvalue weighted by Gasteiger charge is 2.20. The van der Waals surface area contributed by atoms with Crippen molar-refractivity contribution in [2.24, 2.45) is 0 Å². The number of nitrogens with one attached hydrogen (secondary N) is 1. The van der Waals surface area contributed by atoms with Gasteiger partial charge in [-0.1, -0.05) is 11.6 Å². The highest BCUT2D eigenvalue weighted by molar-refractivity contribution is 7.85. The standard InChI is InChI=1S/C11H12ClN3OS2/c12-8-1-2-9-11(15-17-14-9)10(8)13-7-3-5-18(16)6-4-7/h1-2,7,13H,3-6H2. The number of hydrogen-bond donors (Lipinski definition) is 1. The molecule has 7 heteroatoms. The molecule has 0 saturated carbocycles. The van der Waals surface area contributed by atoms with Crippen molar-refractivity contribution in [1.82, 2.24) is 8.75 Å². The summed E-state index contributed by atoms with van der Waals surface area (Å²) in [5.74, 6) is 1.53. The van der Waals surface area contributed by atoms with Crippen molar-refractivity contribution < 1.29 is 4.21 Å². The second-order valence-corrected chi connectivity index (χ2v) is 6.95. The van der Waals surface area contributed by atoms with Crippen molar-refractivity contribution >= 4 is 50.8 Å². The summed E-state index contributed by atoms with van der Waals surface area (Å²) in [4.78, 5) is 0. The largest absolute Gasteiger partial charge is 0.379 e. The quantitative estimate of drug-likeness (QED) is 0.926. The maximum atomic E-state index is 11.3. The molecule has 96 valence electrons. The van der Waals surface area contributed by atoms with Crippen LogP contribution in [0.3, 0.4) is 0 Å². The smallest absolute Gasteiger partial charge is 0.129 e. The molecule has 3 rings (SSSR count). The van der Waals surface area contributed by atoms with Gasteiger partial charge in [0.15, 0.2) is 0 Å². The Bertz CT molecular complexity index is 591. The Balaban J connectivity index is 1.87. The van der Waals surface area contributed by atoms with Crippen LogP contribution >= 0.6 is 23.3 Å². The summed E-state index contributed by atoms with van der Waals surface area (Å²) in [7, 11) is -0.642. The highest BCUT2D eigenvalue weighted by atomic mass is 35.5. The minimum absolute atomic E-state index is 0.326. The third-order valence-electron chi connectivity index (χ3n) is 3.11. The molecule has 2 heterocycles. The Labute approximate surface area is 117 Å². The Morgan fingerprint density at radius 1 is 1.33 bits per heavy atom. The summed E-state index contributed by atoms with van der Waals surface area (Å²) in [5, 5.41) is 4.10. The molecule has 1 aliphatic heterocycles. The zero-order valence-electron chi connectivity index (χ0n) is 9.56. The minimum Gasteiger partial charge on any atom is -0.379 e. The average Bonchev–Trinajstić information content (AvgIpc) is 2.84. The minimum atomic E-state index is -0.642. The van der Waals surface area contributed by atoms with Crippen molar-refractivity contribution in [2.45, 2.75) is 18.9 Å². The van der Waals surface area contributed by atoms with Gasteiger partial charge < -0.3 is 5.32 Å². The van der Waals surface area contributed by atoms with E-state index < -0.39 is 10.8 Å². The van der Waals surface area contributed by atoms with E-state index in [0.29, 0.717) is 11.1 Å². The first-order valence-electron chi connectivity index (χ1n) is 5.76. The molecule has 0 aliphatic carbocycles. The predicted molar refractivity (Wildman–Crippen MR) is 76.9 cm³/mol. The van der Waals surface area contributed by atoms with E-state index in [1.165, 1.54) is 11.7 Å². The van der Waals surface area contributed by atoms with E-state index in [0.717, 1.165) is 41.1 Å². The van der Waals surface area contributed by atoms with Gasteiger partial charge in [0.1, 0.15) is 11.0 Å². The Morgan fingerprint density at radius 3 is 2.89 bits per heavy atom. The molecule has 1 aromatic carbocycles. The lowest BCUT2D eigenvalue weighted by Crippen LogP contribution is -2.29. The van der Waals surface area contributed by atoms with E-state index in [9.17, 15) is 4.21 Å². The van der Waals surface area contributed by atoms with E-state index in [2.05, 4.69) is 14.1 Å². The van der Waals surface area contributed by atoms with Crippen molar-refractivity contribution in [1.29, 1.82) is 0 Å². The lowest BCUT2D eigenvalue weighted by atomic mass is 10.1. The van der Waals surface area contributed by atoms with Crippen LogP contribution in [-0.2, 0) is 10.8 Å². The second kappa shape index (κ2) is 5.11. The van der Waals surface area contributed by atoms with Crippen molar-refractivity contribution in [3.05, 3.63) is 17.2 Å². The van der Waals surface area contributed by atoms with E-state index >= 15 is 0 Å². The molecule has 2 aromatic rings. The van der Waals surface area contributed by atoms with Gasteiger partial charge in [0.2, 0.25) is 0 Å². The number of benzene rings is 1. The van der Waals surface area contributed by atoms with E-state index in [1.807, 2.05) is 12.1 Å². The average molecular weight is 302 g/mol. The Hall–Kier alpha value is -0.720. The molecule has 0 spiro atoms. The third kappa shape index (κ3) is 2.37. The number of fused-ring (bicyclic) bond motifs is 1. The monoisotopic (exact) mass is 301 g/mol. The number of rotatable bonds is 2. The number of anilines is 1. The first-order chi connectivity index (χ1) is 8.74. The maximum absolute atomic E-state index is 11.3. The fourth-order valence-corrected chi connectivity index (χ4v) is 4.15. The molecular formula is C11H12ClN3OS2. The molecule has 1 fully saturated rings. The van der Waals surface area contributed by atoms with Gasteiger partial charge in [0.05, 0.1) is 22.4 Å². The van der Waals surface area contributed by atoms with Gasteiger partial charge in [-0.3, -0.25) is 4.21 Å². The normalized spacial score (nSPS) is 24.3. The fourth-order valence-electron chi connectivity index (χ4n) is 2.11. The Kier molecular flexibility index (Phi) is 3.50. The molecule has 1 aliphatic rings. The van der Waals surface area contributed by atoms with E-state index in [1.54, 1.807) is 0 Å². The number of nitrogens with zero attached hydrogens (tertiary/aromatic N) is 2. The third-order valence-corrected chi connectivity index (χ3v) is 5.35.